The number of amides is 1. The second kappa shape index (κ2) is 7.39. The average molecular weight is 444 g/mol. The van der Waals surface area contributed by atoms with Gasteiger partial charge in [-0.2, -0.15) is 5.10 Å². The van der Waals surface area contributed by atoms with E-state index in [1.807, 2.05) is 18.2 Å². The second-order valence-electron chi connectivity index (χ2n) is 6.15. The van der Waals surface area contributed by atoms with E-state index in [1.165, 1.54) is 35.5 Å². The molecule has 0 bridgehead atoms. The molecule has 0 fully saturated rings. The molecule has 1 atom stereocenters. The Balaban J connectivity index is 1.62. The Morgan fingerprint density at radius 2 is 2.18 bits per heavy atom. The average Bonchev–Trinajstić information content (AvgIpc) is 3.22. The van der Waals surface area contributed by atoms with Crippen molar-refractivity contribution in [2.75, 3.05) is 6.61 Å². The molecule has 3 aromatic rings. The van der Waals surface area contributed by atoms with E-state index < -0.39 is 10.8 Å². The molecule has 142 valence electrons. The van der Waals surface area contributed by atoms with Crippen LogP contribution in [0.3, 0.4) is 0 Å². The summed E-state index contributed by atoms with van der Waals surface area (Å²) in [4.78, 5) is 27.5. The Bertz CT molecular complexity index is 1050. The number of rotatable bonds is 4. The van der Waals surface area contributed by atoms with Gasteiger partial charge in [-0.15, -0.1) is 0 Å². The highest BCUT2D eigenvalue weighted by molar-refractivity contribution is 9.10. The number of carbonyl (C=O) groups excluding carboxylic acids is 1. The van der Waals surface area contributed by atoms with Gasteiger partial charge in [-0.1, -0.05) is 15.9 Å². The summed E-state index contributed by atoms with van der Waals surface area (Å²) in [5, 5.41) is 18.3. The summed E-state index contributed by atoms with van der Waals surface area (Å²) in [6.07, 6.45) is 3.25. The van der Waals surface area contributed by atoms with Crippen molar-refractivity contribution in [1.82, 2.24) is 20.1 Å². The first-order chi connectivity index (χ1) is 13.5. The van der Waals surface area contributed by atoms with Crippen LogP contribution in [0.2, 0.25) is 0 Å². The summed E-state index contributed by atoms with van der Waals surface area (Å²) >= 11 is 3.42. The van der Waals surface area contributed by atoms with Crippen LogP contribution in [-0.4, -0.2) is 32.2 Å². The van der Waals surface area contributed by atoms with Crippen LogP contribution in [0.5, 0.6) is 5.75 Å². The molecule has 0 aliphatic carbocycles. The molecule has 0 spiro atoms. The third kappa shape index (κ3) is 3.46. The van der Waals surface area contributed by atoms with Gasteiger partial charge >= 0.3 is 0 Å². The third-order valence-corrected chi connectivity index (χ3v) is 4.91. The van der Waals surface area contributed by atoms with E-state index in [1.54, 1.807) is 0 Å². The molecular formula is C18H14BrN5O4. The van der Waals surface area contributed by atoms with E-state index in [4.69, 9.17) is 4.74 Å². The number of nitro groups is 1. The number of fused-ring (bicyclic) bond motifs is 1. The number of hydrogen-bond acceptors (Lipinski definition) is 6. The number of aromatic nitrogens is 3. The van der Waals surface area contributed by atoms with Crippen LogP contribution >= 0.6 is 15.9 Å². The molecule has 1 amide bonds. The summed E-state index contributed by atoms with van der Waals surface area (Å²) in [5.41, 5.74) is 1.06. The number of benzene rings is 2. The van der Waals surface area contributed by atoms with Crippen LogP contribution in [0.4, 0.5) is 5.69 Å². The highest BCUT2D eigenvalue weighted by atomic mass is 79.9. The van der Waals surface area contributed by atoms with Crippen molar-refractivity contribution in [2.45, 2.75) is 12.5 Å². The van der Waals surface area contributed by atoms with Gasteiger partial charge in [0.1, 0.15) is 24.1 Å². The number of nitrogens with one attached hydrogen (secondary N) is 1. The molecule has 1 aliphatic rings. The van der Waals surface area contributed by atoms with Crippen molar-refractivity contribution >= 4 is 27.5 Å². The lowest BCUT2D eigenvalue weighted by molar-refractivity contribution is -0.384. The van der Waals surface area contributed by atoms with Gasteiger partial charge in [-0.3, -0.25) is 14.9 Å². The first kappa shape index (κ1) is 18.1. The fourth-order valence-corrected chi connectivity index (χ4v) is 3.47. The molecule has 1 aliphatic heterocycles. The summed E-state index contributed by atoms with van der Waals surface area (Å²) in [7, 11) is 0. The summed E-state index contributed by atoms with van der Waals surface area (Å²) in [5.74, 6) is 0.318. The minimum atomic E-state index is -0.547. The number of halogens is 1. The fraction of sp³-hybridized carbons (Fsp3) is 0.167. The normalized spacial score (nSPS) is 15.4. The molecule has 2 aromatic carbocycles. The zero-order chi connectivity index (χ0) is 19.7. The minimum absolute atomic E-state index is 0.193. The SMILES string of the molecule is O=C(NC1CCOc2ccc(Br)cc21)c1ccc(-n2cncn2)c([N+](=O)[O-])c1. The first-order valence-electron chi connectivity index (χ1n) is 8.39. The van der Waals surface area contributed by atoms with E-state index in [0.29, 0.717) is 18.8 Å². The third-order valence-electron chi connectivity index (χ3n) is 4.42. The zero-order valence-electron chi connectivity index (χ0n) is 14.4. The molecule has 10 heteroatoms. The summed E-state index contributed by atoms with van der Waals surface area (Å²) in [6.45, 7) is 0.477. The maximum Gasteiger partial charge on any atom is 0.295 e. The van der Waals surface area contributed by atoms with Crippen molar-refractivity contribution in [1.29, 1.82) is 0 Å². The van der Waals surface area contributed by atoms with Crippen LogP contribution in [0.25, 0.3) is 5.69 Å². The first-order valence-corrected chi connectivity index (χ1v) is 9.19. The second-order valence-corrected chi connectivity index (χ2v) is 7.06. The lowest BCUT2D eigenvalue weighted by atomic mass is 10.00. The van der Waals surface area contributed by atoms with Crippen LogP contribution < -0.4 is 10.1 Å². The molecule has 1 unspecified atom stereocenters. The van der Waals surface area contributed by atoms with Gasteiger partial charge < -0.3 is 10.1 Å². The van der Waals surface area contributed by atoms with Gasteiger partial charge in [-0.05, 0) is 30.3 Å². The van der Waals surface area contributed by atoms with E-state index in [2.05, 4.69) is 31.3 Å². The van der Waals surface area contributed by atoms with Crippen LogP contribution in [0.1, 0.15) is 28.4 Å². The van der Waals surface area contributed by atoms with Gasteiger partial charge in [-0.25, -0.2) is 9.67 Å². The van der Waals surface area contributed by atoms with Gasteiger partial charge in [0, 0.05) is 28.1 Å². The van der Waals surface area contributed by atoms with Crippen molar-refractivity contribution in [3.8, 4) is 11.4 Å². The summed E-state index contributed by atoms with van der Waals surface area (Å²) in [6, 6.07) is 9.62. The molecule has 28 heavy (non-hydrogen) atoms. The van der Waals surface area contributed by atoms with E-state index in [0.717, 1.165) is 10.0 Å². The quantitative estimate of drug-likeness (QED) is 0.489. The largest absolute Gasteiger partial charge is 0.493 e. The molecular weight excluding hydrogens is 430 g/mol. The predicted molar refractivity (Wildman–Crippen MR) is 102 cm³/mol. The smallest absolute Gasteiger partial charge is 0.295 e. The molecule has 9 nitrogen and oxygen atoms in total. The Labute approximate surface area is 167 Å². The maximum absolute atomic E-state index is 12.8. The molecule has 1 N–H and O–H groups in total. The van der Waals surface area contributed by atoms with Crippen LogP contribution in [-0.2, 0) is 0 Å². The fourth-order valence-electron chi connectivity index (χ4n) is 3.09. The van der Waals surface area contributed by atoms with Crippen molar-refractivity contribution in [3.05, 3.63) is 74.8 Å². The lowest BCUT2D eigenvalue weighted by Crippen LogP contribution is -2.32. The molecule has 0 radical (unpaired) electrons. The van der Waals surface area contributed by atoms with Crippen molar-refractivity contribution < 1.29 is 14.5 Å². The van der Waals surface area contributed by atoms with E-state index >= 15 is 0 Å². The molecule has 1 aromatic heterocycles. The number of nitro benzene ring substituents is 1. The predicted octanol–water partition coefficient (Wildman–Crippen LogP) is 3.19. The minimum Gasteiger partial charge on any atom is -0.493 e. The topological polar surface area (TPSA) is 112 Å². The Kier molecular flexibility index (Phi) is 4.78. The Hall–Kier alpha value is -3.27. The van der Waals surface area contributed by atoms with E-state index in [-0.39, 0.29) is 23.0 Å². The number of ether oxygens (including phenoxy) is 1. The number of hydrogen-bond donors (Lipinski definition) is 1. The summed E-state index contributed by atoms with van der Waals surface area (Å²) < 4.78 is 7.79. The monoisotopic (exact) mass is 443 g/mol. The zero-order valence-corrected chi connectivity index (χ0v) is 16.0. The van der Waals surface area contributed by atoms with Gasteiger partial charge in [0.25, 0.3) is 11.6 Å². The standard InChI is InChI=1S/C18H14BrN5O4/c19-12-2-4-17-13(8-12)14(5-6-28-17)22-18(25)11-1-3-15(16(7-11)24(26)27)23-10-20-9-21-23/h1-4,7-10,14H,5-6H2,(H,22,25). The van der Waals surface area contributed by atoms with Gasteiger partial charge in [0.05, 0.1) is 17.6 Å². The highest BCUT2D eigenvalue weighted by Crippen LogP contribution is 2.34. The maximum atomic E-state index is 12.8. The Morgan fingerprint density at radius 1 is 1.32 bits per heavy atom. The van der Waals surface area contributed by atoms with Crippen LogP contribution in [0, 0.1) is 10.1 Å². The van der Waals surface area contributed by atoms with Crippen molar-refractivity contribution in [2.24, 2.45) is 0 Å². The number of carbonyl (C=O) groups is 1. The molecule has 2 heterocycles. The van der Waals surface area contributed by atoms with Gasteiger partial charge in [0.2, 0.25) is 0 Å². The molecule has 0 saturated carbocycles. The van der Waals surface area contributed by atoms with Crippen molar-refractivity contribution in [3.63, 3.8) is 0 Å². The highest BCUT2D eigenvalue weighted by Gasteiger charge is 2.25. The van der Waals surface area contributed by atoms with E-state index in [9.17, 15) is 14.9 Å². The van der Waals surface area contributed by atoms with Crippen LogP contribution in [0.15, 0.2) is 53.5 Å². The number of nitrogens with zero attached hydrogens (tertiary/aromatic N) is 4. The lowest BCUT2D eigenvalue weighted by Gasteiger charge is -2.27. The molecule has 4 rings (SSSR count). The Morgan fingerprint density at radius 3 is 2.93 bits per heavy atom. The van der Waals surface area contributed by atoms with Gasteiger partial charge in [0.15, 0.2) is 0 Å². The molecule has 0 saturated heterocycles.